The van der Waals surface area contributed by atoms with E-state index in [0.717, 1.165) is 48.2 Å². The minimum absolute atomic E-state index is 0.486. The number of anilines is 1. The van der Waals surface area contributed by atoms with E-state index in [0.29, 0.717) is 6.54 Å². The summed E-state index contributed by atoms with van der Waals surface area (Å²) in [6, 6.07) is 10.2. The summed E-state index contributed by atoms with van der Waals surface area (Å²) in [6.07, 6.45) is 1.54. The zero-order valence-electron chi connectivity index (χ0n) is 11.8. The van der Waals surface area contributed by atoms with Crippen molar-refractivity contribution in [1.29, 1.82) is 0 Å². The Balaban J connectivity index is 1.98. The number of piperidine rings is 1. The Morgan fingerprint density at radius 1 is 1.30 bits per heavy atom. The summed E-state index contributed by atoms with van der Waals surface area (Å²) in [6.45, 7) is 4.04. The van der Waals surface area contributed by atoms with E-state index < -0.39 is 5.60 Å². The molecule has 4 nitrogen and oxygen atoms in total. The number of aromatic nitrogens is 1. The fourth-order valence-corrected chi connectivity index (χ4v) is 2.77. The number of pyridine rings is 1. The van der Waals surface area contributed by atoms with Gasteiger partial charge in [0.25, 0.3) is 0 Å². The molecule has 1 aromatic carbocycles. The molecule has 4 heteroatoms. The van der Waals surface area contributed by atoms with E-state index in [9.17, 15) is 5.11 Å². The van der Waals surface area contributed by atoms with Crippen LogP contribution in [0.1, 0.15) is 25.3 Å². The monoisotopic (exact) mass is 271 g/mol. The van der Waals surface area contributed by atoms with Crippen molar-refractivity contribution in [1.82, 2.24) is 4.98 Å². The molecular formula is C16H21N3O. The molecule has 0 spiro atoms. The molecular weight excluding hydrogens is 250 g/mol. The third kappa shape index (κ3) is 2.49. The molecule has 20 heavy (non-hydrogen) atoms. The van der Waals surface area contributed by atoms with Crippen LogP contribution in [0.5, 0.6) is 0 Å². The summed E-state index contributed by atoms with van der Waals surface area (Å²) >= 11 is 0. The van der Waals surface area contributed by atoms with Crippen LogP contribution in [0.25, 0.3) is 10.9 Å². The lowest BCUT2D eigenvalue weighted by molar-refractivity contribution is 0.0350. The van der Waals surface area contributed by atoms with Crippen LogP contribution >= 0.6 is 0 Å². The lowest BCUT2D eigenvalue weighted by Gasteiger charge is -2.37. The SMILES string of the molecule is CC1(O)CCN(c2nc3ccccc3cc2CN)CC1. The predicted octanol–water partition coefficient (Wildman–Crippen LogP) is 2.04. The average Bonchev–Trinajstić information content (AvgIpc) is 2.46. The number of hydrogen-bond donors (Lipinski definition) is 2. The number of nitrogens with two attached hydrogens (primary N) is 1. The van der Waals surface area contributed by atoms with Crippen molar-refractivity contribution < 1.29 is 5.11 Å². The third-order valence-corrected chi connectivity index (χ3v) is 4.14. The summed E-state index contributed by atoms with van der Waals surface area (Å²) < 4.78 is 0. The summed E-state index contributed by atoms with van der Waals surface area (Å²) in [5.74, 6) is 0.974. The highest BCUT2D eigenvalue weighted by Gasteiger charge is 2.28. The first-order valence-electron chi connectivity index (χ1n) is 7.15. The van der Waals surface area contributed by atoms with Crippen LogP contribution in [0.15, 0.2) is 30.3 Å². The molecule has 0 amide bonds. The fourth-order valence-electron chi connectivity index (χ4n) is 2.77. The second kappa shape index (κ2) is 5.04. The first kappa shape index (κ1) is 13.3. The second-order valence-electron chi connectivity index (χ2n) is 5.85. The maximum Gasteiger partial charge on any atom is 0.133 e. The summed E-state index contributed by atoms with van der Waals surface area (Å²) in [5, 5.41) is 11.2. The zero-order chi connectivity index (χ0) is 14.2. The van der Waals surface area contributed by atoms with Gasteiger partial charge in [-0.3, -0.25) is 0 Å². The number of para-hydroxylation sites is 1. The number of hydrogen-bond acceptors (Lipinski definition) is 4. The molecule has 0 saturated carbocycles. The third-order valence-electron chi connectivity index (χ3n) is 4.14. The van der Waals surface area contributed by atoms with Crippen molar-refractivity contribution in [3.8, 4) is 0 Å². The highest BCUT2D eigenvalue weighted by molar-refractivity contribution is 5.81. The Morgan fingerprint density at radius 2 is 2.00 bits per heavy atom. The Bertz CT molecular complexity index is 614. The van der Waals surface area contributed by atoms with Gasteiger partial charge in [0.05, 0.1) is 11.1 Å². The maximum atomic E-state index is 10.1. The highest BCUT2D eigenvalue weighted by atomic mass is 16.3. The van der Waals surface area contributed by atoms with E-state index in [1.54, 1.807) is 0 Å². The number of aliphatic hydroxyl groups is 1. The van der Waals surface area contributed by atoms with Crippen LogP contribution in [0.4, 0.5) is 5.82 Å². The molecule has 2 aromatic rings. The normalized spacial score (nSPS) is 18.4. The molecule has 1 aliphatic heterocycles. The fraction of sp³-hybridized carbons (Fsp3) is 0.438. The van der Waals surface area contributed by atoms with E-state index in [1.165, 1.54) is 0 Å². The lowest BCUT2D eigenvalue weighted by Crippen LogP contribution is -2.43. The van der Waals surface area contributed by atoms with E-state index in [1.807, 2.05) is 25.1 Å². The van der Waals surface area contributed by atoms with E-state index in [-0.39, 0.29) is 0 Å². The Labute approximate surface area is 119 Å². The lowest BCUT2D eigenvalue weighted by atomic mass is 9.93. The molecule has 0 radical (unpaired) electrons. The Morgan fingerprint density at radius 3 is 2.70 bits per heavy atom. The van der Waals surface area contributed by atoms with E-state index in [2.05, 4.69) is 17.0 Å². The number of benzene rings is 1. The zero-order valence-corrected chi connectivity index (χ0v) is 11.8. The molecule has 106 valence electrons. The molecule has 1 saturated heterocycles. The summed E-state index contributed by atoms with van der Waals surface area (Å²) in [7, 11) is 0. The van der Waals surface area contributed by atoms with Crippen LogP contribution in [0.2, 0.25) is 0 Å². The van der Waals surface area contributed by atoms with Crippen molar-refractivity contribution in [2.45, 2.75) is 31.9 Å². The summed E-state index contributed by atoms with van der Waals surface area (Å²) in [4.78, 5) is 7.02. The van der Waals surface area contributed by atoms with Crippen molar-refractivity contribution in [2.24, 2.45) is 5.73 Å². The molecule has 0 aliphatic carbocycles. The molecule has 0 unspecified atom stereocenters. The van der Waals surface area contributed by atoms with Gasteiger partial charge in [0, 0.05) is 30.6 Å². The van der Waals surface area contributed by atoms with Crippen LogP contribution in [0, 0.1) is 0 Å². The highest BCUT2D eigenvalue weighted by Crippen LogP contribution is 2.28. The quantitative estimate of drug-likeness (QED) is 0.877. The number of nitrogens with zero attached hydrogens (tertiary/aromatic N) is 2. The largest absolute Gasteiger partial charge is 0.390 e. The van der Waals surface area contributed by atoms with Gasteiger partial charge in [0.15, 0.2) is 0 Å². The molecule has 0 atom stereocenters. The molecule has 1 aliphatic rings. The van der Waals surface area contributed by atoms with Crippen LogP contribution in [-0.2, 0) is 6.54 Å². The van der Waals surface area contributed by atoms with Gasteiger partial charge in [-0.05, 0) is 31.9 Å². The van der Waals surface area contributed by atoms with Crippen LogP contribution in [0.3, 0.4) is 0 Å². The van der Waals surface area contributed by atoms with Crippen molar-refractivity contribution in [3.63, 3.8) is 0 Å². The van der Waals surface area contributed by atoms with E-state index >= 15 is 0 Å². The first-order chi connectivity index (χ1) is 9.59. The van der Waals surface area contributed by atoms with Gasteiger partial charge in [-0.1, -0.05) is 18.2 Å². The van der Waals surface area contributed by atoms with Crippen molar-refractivity contribution in [2.75, 3.05) is 18.0 Å². The van der Waals surface area contributed by atoms with Gasteiger partial charge in [-0.2, -0.15) is 0 Å². The minimum atomic E-state index is -0.545. The molecule has 3 rings (SSSR count). The van der Waals surface area contributed by atoms with Gasteiger partial charge in [0.1, 0.15) is 5.82 Å². The maximum absolute atomic E-state index is 10.1. The van der Waals surface area contributed by atoms with E-state index in [4.69, 9.17) is 10.7 Å². The van der Waals surface area contributed by atoms with Crippen LogP contribution in [-0.4, -0.2) is 28.8 Å². The van der Waals surface area contributed by atoms with Gasteiger partial charge in [0.2, 0.25) is 0 Å². The topological polar surface area (TPSA) is 62.4 Å². The first-order valence-corrected chi connectivity index (χ1v) is 7.15. The molecule has 2 heterocycles. The van der Waals surface area contributed by atoms with Crippen molar-refractivity contribution in [3.05, 3.63) is 35.9 Å². The minimum Gasteiger partial charge on any atom is -0.390 e. The molecule has 0 bridgehead atoms. The Hall–Kier alpha value is -1.65. The Kier molecular flexibility index (Phi) is 3.36. The number of fused-ring (bicyclic) bond motifs is 1. The van der Waals surface area contributed by atoms with Crippen LogP contribution < -0.4 is 10.6 Å². The molecule has 1 fully saturated rings. The predicted molar refractivity (Wildman–Crippen MR) is 81.7 cm³/mol. The second-order valence-corrected chi connectivity index (χ2v) is 5.85. The van der Waals surface area contributed by atoms with Crippen molar-refractivity contribution >= 4 is 16.7 Å². The molecule has 3 N–H and O–H groups in total. The van der Waals surface area contributed by atoms with Gasteiger partial charge in [-0.25, -0.2) is 4.98 Å². The molecule has 1 aromatic heterocycles. The van der Waals surface area contributed by atoms with Gasteiger partial charge >= 0.3 is 0 Å². The standard InChI is InChI=1S/C16H21N3O/c1-16(20)6-8-19(9-7-16)15-13(11-17)10-12-4-2-3-5-14(12)18-15/h2-5,10,20H,6-9,11,17H2,1H3. The van der Waals surface area contributed by atoms with Gasteiger partial charge in [-0.15, -0.1) is 0 Å². The number of rotatable bonds is 2. The smallest absolute Gasteiger partial charge is 0.133 e. The van der Waals surface area contributed by atoms with Gasteiger partial charge < -0.3 is 15.7 Å². The average molecular weight is 271 g/mol. The summed E-state index contributed by atoms with van der Waals surface area (Å²) in [5.41, 5.74) is 7.41.